The maximum atomic E-state index is 15.6. The second-order valence-corrected chi connectivity index (χ2v) is 12.0. The van der Waals surface area contributed by atoms with Gasteiger partial charge in [0.1, 0.15) is 11.6 Å². The van der Waals surface area contributed by atoms with Crippen molar-refractivity contribution in [2.24, 2.45) is 0 Å². The molecule has 1 aromatic heterocycles. The fourth-order valence-electron chi connectivity index (χ4n) is 6.04. The fraction of sp³-hybridized carbons (Fsp3) is 0.229. The number of likely N-dealkylation sites (N-methyl/N-ethyl adjacent to an activating group) is 1. The number of thioether (sulfide) groups is 1. The summed E-state index contributed by atoms with van der Waals surface area (Å²) in [6.07, 6.45) is -0.0643. The lowest BCUT2D eigenvalue weighted by Crippen LogP contribution is -2.34. The second kappa shape index (κ2) is 11.9. The van der Waals surface area contributed by atoms with E-state index < -0.39 is 17.5 Å². The highest BCUT2D eigenvalue weighted by atomic mass is 32.2. The maximum Gasteiger partial charge on any atom is 0.260 e. The Bertz CT molecular complexity index is 1890. The standard InChI is InChI=1S/C35H31F3N2O2S/c1-21-27(17-28-29(36)11-7-12-30(28)37)35-40(34(41)32(21)26-10-6-13-31(42-3)33(26)38)25(20-43-35)19-39(2)18-22-14-15-23-8-4-5-9-24(23)16-22/h4-16,25H,17-20H2,1-3H3. The normalized spacial score (nSPS) is 14.4. The van der Waals surface area contributed by atoms with E-state index in [1.165, 1.54) is 48.5 Å². The number of rotatable bonds is 8. The molecule has 1 unspecified atom stereocenters. The van der Waals surface area contributed by atoms with Gasteiger partial charge in [0.25, 0.3) is 5.56 Å². The minimum absolute atomic E-state index is 0.0181. The van der Waals surface area contributed by atoms with Gasteiger partial charge in [-0.3, -0.25) is 9.36 Å². The van der Waals surface area contributed by atoms with Crippen molar-refractivity contribution in [1.82, 2.24) is 9.47 Å². The first-order chi connectivity index (χ1) is 20.8. The molecule has 1 atom stereocenters. The van der Waals surface area contributed by atoms with Gasteiger partial charge < -0.3 is 9.64 Å². The molecule has 4 aromatic carbocycles. The van der Waals surface area contributed by atoms with Crippen molar-refractivity contribution >= 4 is 22.5 Å². The molecule has 4 nitrogen and oxygen atoms in total. The van der Waals surface area contributed by atoms with Gasteiger partial charge in [0.15, 0.2) is 11.6 Å². The Morgan fingerprint density at radius 2 is 1.65 bits per heavy atom. The third kappa shape index (κ3) is 5.45. The van der Waals surface area contributed by atoms with E-state index in [4.69, 9.17) is 4.74 Å². The summed E-state index contributed by atoms with van der Waals surface area (Å²) in [4.78, 5) is 16.4. The van der Waals surface area contributed by atoms with Crippen molar-refractivity contribution in [3.63, 3.8) is 0 Å². The topological polar surface area (TPSA) is 34.5 Å². The lowest BCUT2D eigenvalue weighted by molar-refractivity contribution is 0.276. The summed E-state index contributed by atoms with van der Waals surface area (Å²) in [6, 6.07) is 22.8. The number of nitrogens with zero attached hydrogens (tertiary/aromatic N) is 2. The molecular formula is C35H31F3N2O2S. The Morgan fingerprint density at radius 3 is 2.40 bits per heavy atom. The summed E-state index contributed by atoms with van der Waals surface area (Å²) >= 11 is 1.50. The van der Waals surface area contributed by atoms with Crippen LogP contribution in [0.25, 0.3) is 21.9 Å². The van der Waals surface area contributed by atoms with Crippen LogP contribution in [0.2, 0.25) is 0 Å². The number of halogens is 3. The van der Waals surface area contributed by atoms with Crippen LogP contribution < -0.4 is 10.3 Å². The predicted octanol–water partition coefficient (Wildman–Crippen LogP) is 7.77. The van der Waals surface area contributed by atoms with Crippen LogP contribution in [0.5, 0.6) is 5.75 Å². The molecule has 0 spiro atoms. The highest BCUT2D eigenvalue weighted by molar-refractivity contribution is 7.99. The first-order valence-electron chi connectivity index (χ1n) is 14.1. The number of hydrogen-bond acceptors (Lipinski definition) is 4. The van der Waals surface area contributed by atoms with Gasteiger partial charge in [-0.05, 0) is 65.7 Å². The Labute approximate surface area is 252 Å². The van der Waals surface area contributed by atoms with Crippen LogP contribution in [0.15, 0.2) is 88.7 Å². The molecule has 0 aliphatic carbocycles. The van der Waals surface area contributed by atoms with E-state index >= 15 is 4.39 Å². The van der Waals surface area contributed by atoms with E-state index in [1.54, 1.807) is 23.6 Å². The number of pyridine rings is 1. The zero-order valence-corrected chi connectivity index (χ0v) is 25.0. The number of ether oxygens (including phenoxy) is 1. The van der Waals surface area contributed by atoms with E-state index in [-0.39, 0.29) is 40.5 Å². The van der Waals surface area contributed by atoms with Gasteiger partial charge in [-0.15, -0.1) is 11.8 Å². The Morgan fingerprint density at radius 1 is 0.930 bits per heavy atom. The summed E-state index contributed by atoms with van der Waals surface area (Å²) in [6.45, 7) is 2.96. The highest BCUT2D eigenvalue weighted by Crippen LogP contribution is 2.41. The minimum Gasteiger partial charge on any atom is -0.494 e. The fourth-order valence-corrected chi connectivity index (χ4v) is 7.42. The van der Waals surface area contributed by atoms with Gasteiger partial charge >= 0.3 is 0 Å². The zero-order valence-electron chi connectivity index (χ0n) is 24.2. The van der Waals surface area contributed by atoms with Crippen molar-refractivity contribution in [1.29, 1.82) is 0 Å². The van der Waals surface area contributed by atoms with Crippen LogP contribution in [0, 0.1) is 24.4 Å². The monoisotopic (exact) mass is 600 g/mol. The van der Waals surface area contributed by atoms with Gasteiger partial charge in [-0.2, -0.15) is 0 Å². The van der Waals surface area contributed by atoms with E-state index in [0.29, 0.717) is 35.0 Å². The van der Waals surface area contributed by atoms with Crippen LogP contribution in [-0.2, 0) is 13.0 Å². The van der Waals surface area contributed by atoms with Gasteiger partial charge in [0.05, 0.1) is 23.7 Å². The lowest BCUT2D eigenvalue weighted by Gasteiger charge is -2.25. The van der Waals surface area contributed by atoms with Crippen molar-refractivity contribution in [2.45, 2.75) is 31.0 Å². The molecule has 1 aliphatic rings. The summed E-state index contributed by atoms with van der Waals surface area (Å²) < 4.78 is 52.2. The lowest BCUT2D eigenvalue weighted by atomic mass is 9.94. The van der Waals surface area contributed by atoms with Crippen LogP contribution >= 0.6 is 11.8 Å². The van der Waals surface area contributed by atoms with Gasteiger partial charge in [0, 0.05) is 36.4 Å². The summed E-state index contributed by atoms with van der Waals surface area (Å²) in [5, 5.41) is 3.01. The van der Waals surface area contributed by atoms with Crippen LogP contribution in [0.4, 0.5) is 13.2 Å². The molecule has 8 heteroatoms. The third-order valence-electron chi connectivity index (χ3n) is 8.17. The molecule has 0 radical (unpaired) electrons. The average Bonchev–Trinajstić information content (AvgIpc) is 3.40. The van der Waals surface area contributed by atoms with E-state index in [1.807, 2.05) is 19.2 Å². The molecule has 6 rings (SSSR count). The van der Waals surface area contributed by atoms with E-state index in [2.05, 4.69) is 35.2 Å². The summed E-state index contributed by atoms with van der Waals surface area (Å²) in [5.74, 6) is -1.34. The summed E-state index contributed by atoms with van der Waals surface area (Å²) in [5.41, 5.74) is 2.14. The molecule has 1 aliphatic heterocycles. The van der Waals surface area contributed by atoms with Gasteiger partial charge in [-0.1, -0.05) is 54.6 Å². The molecule has 220 valence electrons. The molecule has 43 heavy (non-hydrogen) atoms. The van der Waals surface area contributed by atoms with Crippen molar-refractivity contribution in [3.05, 3.63) is 129 Å². The molecule has 0 N–H and O–H groups in total. The first-order valence-corrected chi connectivity index (χ1v) is 15.1. The Balaban J connectivity index is 1.42. The largest absolute Gasteiger partial charge is 0.494 e. The number of benzene rings is 4. The van der Waals surface area contributed by atoms with Crippen molar-refractivity contribution in [2.75, 3.05) is 26.5 Å². The first kappa shape index (κ1) is 29.1. The van der Waals surface area contributed by atoms with Crippen LogP contribution in [-0.4, -0.2) is 35.9 Å². The quantitative estimate of drug-likeness (QED) is 0.182. The van der Waals surface area contributed by atoms with Crippen LogP contribution in [0.3, 0.4) is 0 Å². The molecule has 2 heterocycles. The van der Waals surface area contributed by atoms with Crippen molar-refractivity contribution < 1.29 is 17.9 Å². The molecular weight excluding hydrogens is 569 g/mol. The Hall–Kier alpha value is -4.01. The Kier molecular flexibility index (Phi) is 8.07. The molecule has 0 fully saturated rings. The van der Waals surface area contributed by atoms with E-state index in [0.717, 1.165) is 10.9 Å². The number of methoxy groups -OCH3 is 1. The third-order valence-corrected chi connectivity index (χ3v) is 9.44. The van der Waals surface area contributed by atoms with Crippen LogP contribution in [0.1, 0.15) is 28.3 Å². The molecule has 0 saturated carbocycles. The smallest absolute Gasteiger partial charge is 0.260 e. The molecule has 0 amide bonds. The summed E-state index contributed by atoms with van der Waals surface area (Å²) in [7, 11) is 3.38. The molecule has 0 bridgehead atoms. The molecule has 5 aromatic rings. The zero-order chi connectivity index (χ0) is 30.2. The maximum absolute atomic E-state index is 15.6. The van der Waals surface area contributed by atoms with Gasteiger partial charge in [0.2, 0.25) is 0 Å². The predicted molar refractivity (Wildman–Crippen MR) is 167 cm³/mol. The highest BCUT2D eigenvalue weighted by Gasteiger charge is 2.32. The second-order valence-electron chi connectivity index (χ2n) is 11.0. The average molecular weight is 601 g/mol. The van der Waals surface area contributed by atoms with Gasteiger partial charge in [-0.25, -0.2) is 13.2 Å². The minimum atomic E-state index is -0.659. The number of hydrogen-bond donors (Lipinski definition) is 0. The number of fused-ring (bicyclic) bond motifs is 2. The SMILES string of the molecule is COc1cccc(-c2c(C)c(Cc3c(F)cccc3F)c3n(c2=O)C(CN(C)Cc2ccc4ccccc4c2)CS3)c1F. The van der Waals surface area contributed by atoms with E-state index in [9.17, 15) is 13.6 Å². The van der Waals surface area contributed by atoms with Crippen molar-refractivity contribution in [3.8, 4) is 16.9 Å². The molecule has 0 saturated heterocycles. The number of aromatic nitrogens is 1.